The van der Waals surface area contributed by atoms with Crippen LogP contribution in [0.15, 0.2) is 58.2 Å². The van der Waals surface area contributed by atoms with Crippen LogP contribution < -0.4 is 5.43 Å². The second kappa shape index (κ2) is 8.22. The van der Waals surface area contributed by atoms with Gasteiger partial charge in [-0.05, 0) is 18.1 Å². The first-order chi connectivity index (χ1) is 14.1. The molecule has 0 bridgehead atoms. The Hall–Kier alpha value is -3.55. The number of aromatic nitrogens is 6. The van der Waals surface area contributed by atoms with E-state index in [1.807, 2.05) is 37.5 Å². The summed E-state index contributed by atoms with van der Waals surface area (Å²) in [4.78, 5) is 16.8. The molecule has 4 aromatic rings. The maximum absolute atomic E-state index is 12.3. The third-order valence-electron chi connectivity index (χ3n) is 4.60. The van der Waals surface area contributed by atoms with Crippen molar-refractivity contribution in [3.05, 3.63) is 76.3 Å². The van der Waals surface area contributed by atoms with Crippen molar-refractivity contribution in [3.8, 4) is 17.1 Å². The molecule has 0 fully saturated rings. The highest BCUT2D eigenvalue weighted by Crippen LogP contribution is 2.19. The van der Waals surface area contributed by atoms with Crippen molar-refractivity contribution in [3.63, 3.8) is 0 Å². The fraction of sp³-hybridized carbons (Fsp3) is 0.286. The van der Waals surface area contributed by atoms with Crippen molar-refractivity contribution < 1.29 is 4.52 Å². The summed E-state index contributed by atoms with van der Waals surface area (Å²) in [5.41, 5.74) is 2.98. The number of nitrogens with zero attached hydrogens (tertiary/aromatic N) is 6. The maximum atomic E-state index is 12.3. The minimum Gasteiger partial charge on any atom is -0.339 e. The highest BCUT2D eigenvalue weighted by molar-refractivity contribution is 5.55. The molecule has 29 heavy (non-hydrogen) atoms. The predicted octanol–water partition coefficient (Wildman–Crippen LogP) is 2.95. The molecule has 8 heteroatoms. The molecule has 0 unspecified atom stereocenters. The Morgan fingerprint density at radius 1 is 1.21 bits per heavy atom. The molecule has 0 aliphatic heterocycles. The lowest BCUT2D eigenvalue weighted by molar-refractivity contribution is 0.375. The van der Waals surface area contributed by atoms with Crippen molar-refractivity contribution >= 4 is 0 Å². The van der Waals surface area contributed by atoms with E-state index in [0.29, 0.717) is 23.8 Å². The monoisotopic (exact) mass is 390 g/mol. The molecule has 0 N–H and O–H groups in total. The molecule has 1 aromatic carbocycles. The molecule has 8 nitrogen and oxygen atoms in total. The standard InChI is InChI=1S/C21H22N6O2/c1-3-4-8-20-23-21(25-29-20)16-7-5-6-15(11-16)12-18-19(28)9-10-27(24-18)17-13-22-26(2)14-17/h5-7,9-11,13-14H,3-4,8,12H2,1-2H3. The third kappa shape index (κ3) is 4.31. The average Bonchev–Trinajstić information content (AvgIpc) is 3.37. The van der Waals surface area contributed by atoms with Gasteiger partial charge in [-0.2, -0.15) is 15.2 Å². The number of aryl methyl sites for hydroxylation is 2. The lowest BCUT2D eigenvalue weighted by atomic mass is 10.1. The van der Waals surface area contributed by atoms with Gasteiger partial charge in [0.1, 0.15) is 11.4 Å². The summed E-state index contributed by atoms with van der Waals surface area (Å²) in [6.07, 6.45) is 8.48. The fourth-order valence-electron chi connectivity index (χ4n) is 3.06. The summed E-state index contributed by atoms with van der Waals surface area (Å²) < 4.78 is 8.68. The lowest BCUT2D eigenvalue weighted by Crippen LogP contribution is -2.16. The van der Waals surface area contributed by atoms with E-state index in [1.165, 1.54) is 6.07 Å². The van der Waals surface area contributed by atoms with Gasteiger partial charge in [-0.25, -0.2) is 4.68 Å². The van der Waals surface area contributed by atoms with Gasteiger partial charge >= 0.3 is 0 Å². The van der Waals surface area contributed by atoms with Crippen molar-refractivity contribution in [1.29, 1.82) is 0 Å². The number of rotatable bonds is 7. The maximum Gasteiger partial charge on any atom is 0.226 e. The molecule has 0 spiro atoms. The Bertz CT molecular complexity index is 1170. The summed E-state index contributed by atoms with van der Waals surface area (Å²) in [7, 11) is 1.84. The largest absolute Gasteiger partial charge is 0.339 e. The normalized spacial score (nSPS) is 11.1. The molecular formula is C21H22N6O2. The molecule has 0 aliphatic rings. The van der Waals surface area contributed by atoms with E-state index in [9.17, 15) is 4.79 Å². The zero-order valence-electron chi connectivity index (χ0n) is 16.4. The minimum atomic E-state index is -0.100. The van der Waals surface area contributed by atoms with Crippen LogP contribution in [0.4, 0.5) is 0 Å². The molecule has 148 valence electrons. The van der Waals surface area contributed by atoms with E-state index in [0.717, 1.165) is 36.1 Å². The van der Waals surface area contributed by atoms with Gasteiger partial charge in [0, 0.05) is 37.7 Å². The third-order valence-corrected chi connectivity index (χ3v) is 4.60. The Balaban J connectivity index is 1.58. The zero-order valence-corrected chi connectivity index (χ0v) is 16.4. The predicted molar refractivity (Wildman–Crippen MR) is 108 cm³/mol. The second-order valence-electron chi connectivity index (χ2n) is 6.94. The Morgan fingerprint density at radius 3 is 2.90 bits per heavy atom. The van der Waals surface area contributed by atoms with Crippen molar-refractivity contribution in [2.75, 3.05) is 0 Å². The van der Waals surface area contributed by atoms with Crippen LogP contribution in [0.5, 0.6) is 0 Å². The van der Waals surface area contributed by atoms with Gasteiger partial charge < -0.3 is 4.52 Å². The summed E-state index contributed by atoms with van der Waals surface area (Å²) in [6.45, 7) is 2.13. The van der Waals surface area contributed by atoms with E-state index in [-0.39, 0.29) is 5.43 Å². The Labute approximate surface area is 167 Å². The zero-order chi connectivity index (χ0) is 20.2. The van der Waals surface area contributed by atoms with E-state index in [2.05, 4.69) is 27.3 Å². The van der Waals surface area contributed by atoms with Gasteiger partial charge in [0.2, 0.25) is 17.1 Å². The Morgan fingerprint density at radius 2 is 2.10 bits per heavy atom. The summed E-state index contributed by atoms with van der Waals surface area (Å²) in [5, 5.41) is 12.7. The van der Waals surface area contributed by atoms with Crippen LogP contribution in [0.1, 0.15) is 36.9 Å². The second-order valence-corrected chi connectivity index (χ2v) is 6.94. The molecule has 3 aromatic heterocycles. The molecule has 4 rings (SSSR count). The van der Waals surface area contributed by atoms with Crippen molar-refractivity contribution in [1.82, 2.24) is 29.7 Å². The van der Waals surface area contributed by atoms with Gasteiger partial charge in [0.25, 0.3) is 0 Å². The van der Waals surface area contributed by atoms with Gasteiger partial charge in [-0.3, -0.25) is 9.48 Å². The lowest BCUT2D eigenvalue weighted by Gasteiger charge is -2.06. The van der Waals surface area contributed by atoms with Crippen molar-refractivity contribution in [2.24, 2.45) is 7.05 Å². The minimum absolute atomic E-state index is 0.100. The van der Waals surface area contributed by atoms with Crippen LogP contribution in [-0.2, 0) is 19.9 Å². The topological polar surface area (TPSA) is 91.6 Å². The number of unbranched alkanes of at least 4 members (excludes halogenated alkanes) is 1. The van der Waals surface area contributed by atoms with E-state index in [4.69, 9.17) is 4.52 Å². The van der Waals surface area contributed by atoms with Gasteiger partial charge in [0.05, 0.1) is 12.4 Å². The summed E-state index contributed by atoms with van der Waals surface area (Å²) in [5.74, 6) is 1.21. The first-order valence-electron chi connectivity index (χ1n) is 9.62. The van der Waals surface area contributed by atoms with Crippen LogP contribution >= 0.6 is 0 Å². The van der Waals surface area contributed by atoms with Gasteiger partial charge in [-0.1, -0.05) is 36.7 Å². The van der Waals surface area contributed by atoms with Gasteiger partial charge in [-0.15, -0.1) is 0 Å². The molecule has 0 saturated heterocycles. The molecule has 0 radical (unpaired) electrons. The first-order valence-corrected chi connectivity index (χ1v) is 9.62. The average molecular weight is 390 g/mol. The summed E-state index contributed by atoms with van der Waals surface area (Å²) >= 11 is 0. The number of hydrogen-bond donors (Lipinski definition) is 0. The smallest absolute Gasteiger partial charge is 0.226 e. The van der Waals surface area contributed by atoms with Crippen LogP contribution in [0.25, 0.3) is 17.1 Å². The van der Waals surface area contributed by atoms with Crippen LogP contribution in [0, 0.1) is 0 Å². The number of hydrogen-bond acceptors (Lipinski definition) is 6. The highest BCUT2D eigenvalue weighted by atomic mass is 16.5. The van der Waals surface area contributed by atoms with Crippen molar-refractivity contribution in [2.45, 2.75) is 32.6 Å². The number of benzene rings is 1. The fourth-order valence-corrected chi connectivity index (χ4v) is 3.06. The van der Waals surface area contributed by atoms with E-state index < -0.39 is 0 Å². The van der Waals surface area contributed by atoms with Crippen LogP contribution in [0.2, 0.25) is 0 Å². The SMILES string of the molecule is CCCCc1nc(-c2cccc(Cc3nn(-c4cnn(C)c4)ccc3=O)c2)no1. The van der Waals surface area contributed by atoms with E-state index >= 15 is 0 Å². The summed E-state index contributed by atoms with van der Waals surface area (Å²) in [6, 6.07) is 9.32. The highest BCUT2D eigenvalue weighted by Gasteiger charge is 2.11. The first kappa shape index (κ1) is 18.8. The quantitative estimate of drug-likeness (QED) is 0.482. The Kier molecular flexibility index (Phi) is 5.33. The van der Waals surface area contributed by atoms with Crippen LogP contribution in [-0.4, -0.2) is 29.7 Å². The molecule has 0 saturated carbocycles. The molecule has 0 atom stereocenters. The molecule has 0 aliphatic carbocycles. The van der Waals surface area contributed by atoms with Gasteiger partial charge in [0.15, 0.2) is 0 Å². The molecule has 0 amide bonds. The van der Waals surface area contributed by atoms with Crippen LogP contribution in [0.3, 0.4) is 0 Å². The molecular weight excluding hydrogens is 368 g/mol. The molecule has 3 heterocycles. The van der Waals surface area contributed by atoms with E-state index in [1.54, 1.807) is 21.8 Å².